The Bertz CT molecular complexity index is 492. The second-order valence-corrected chi connectivity index (χ2v) is 5.31. The minimum atomic E-state index is -0.00481. The van der Waals surface area contributed by atoms with Gasteiger partial charge in [-0.3, -0.25) is 4.79 Å². The highest BCUT2D eigenvalue weighted by Crippen LogP contribution is 2.16. The zero-order valence-electron chi connectivity index (χ0n) is 12.1. The number of carbonyl (C=O) groups excluding carboxylic acids is 1. The summed E-state index contributed by atoms with van der Waals surface area (Å²) in [5, 5.41) is 0. The molecule has 0 aliphatic carbocycles. The van der Waals surface area contributed by atoms with Crippen LogP contribution in [0.25, 0.3) is 0 Å². The molecule has 1 amide bonds. The summed E-state index contributed by atoms with van der Waals surface area (Å²) in [4.78, 5) is 14.1. The largest absolute Gasteiger partial charge is 0.349 e. The summed E-state index contributed by atoms with van der Waals surface area (Å²) in [5.41, 5.74) is 2.42. The predicted molar refractivity (Wildman–Crippen MR) is 82.5 cm³/mol. The highest BCUT2D eigenvalue weighted by atomic mass is 16.2. The maximum atomic E-state index is 12.4. The lowest BCUT2D eigenvalue weighted by molar-refractivity contribution is -0.132. The van der Waals surface area contributed by atoms with Crippen LogP contribution in [0.5, 0.6) is 0 Å². The summed E-state index contributed by atoms with van der Waals surface area (Å²) in [7, 11) is 3.65. The van der Waals surface area contributed by atoms with Crippen LogP contribution in [0.15, 0.2) is 60.7 Å². The van der Waals surface area contributed by atoms with Crippen molar-refractivity contribution in [1.82, 2.24) is 4.90 Å². The van der Waals surface area contributed by atoms with Crippen molar-refractivity contribution in [3.8, 4) is 0 Å². The number of amides is 1. The monoisotopic (exact) mass is 267 g/mol. The van der Waals surface area contributed by atoms with Gasteiger partial charge in [0.05, 0.1) is 0 Å². The molecule has 0 aliphatic heterocycles. The molecule has 2 rings (SSSR count). The summed E-state index contributed by atoms with van der Waals surface area (Å²) in [6.45, 7) is 0. The summed E-state index contributed by atoms with van der Waals surface area (Å²) < 4.78 is 0. The van der Waals surface area contributed by atoms with E-state index in [9.17, 15) is 4.79 Å². The van der Waals surface area contributed by atoms with Crippen molar-refractivity contribution in [2.45, 2.75) is 12.8 Å². The Morgan fingerprint density at radius 3 is 1.60 bits per heavy atom. The Labute approximate surface area is 121 Å². The molecule has 0 aromatic heterocycles. The Morgan fingerprint density at radius 1 is 0.850 bits per heavy atom. The third-order valence-electron chi connectivity index (χ3n) is 3.44. The molecule has 2 aromatic carbocycles. The average molecular weight is 267 g/mol. The summed E-state index contributed by atoms with van der Waals surface area (Å²) in [6, 6.07) is 20.4. The van der Waals surface area contributed by atoms with Gasteiger partial charge in [-0.1, -0.05) is 60.7 Å². The molecule has 0 aliphatic rings. The number of carbonyl (C=O) groups is 1. The topological polar surface area (TPSA) is 20.3 Å². The molecule has 0 heterocycles. The fraction of sp³-hybridized carbons (Fsp3) is 0.278. The minimum Gasteiger partial charge on any atom is -0.349 e. The van der Waals surface area contributed by atoms with Crippen molar-refractivity contribution in [2.24, 2.45) is 5.92 Å². The maximum absolute atomic E-state index is 12.4. The zero-order valence-corrected chi connectivity index (χ0v) is 12.1. The second-order valence-electron chi connectivity index (χ2n) is 5.31. The molecule has 0 radical (unpaired) electrons. The standard InChI is InChI=1S/C18H21NO/c1-19(2)18(20)17(13-15-9-5-3-6-10-15)14-16-11-7-4-8-12-16/h3-12,17H,13-14H2,1-2H3. The average Bonchev–Trinajstić information content (AvgIpc) is 2.48. The second kappa shape index (κ2) is 6.90. The molecular weight excluding hydrogens is 246 g/mol. The van der Waals surface area contributed by atoms with E-state index < -0.39 is 0 Å². The predicted octanol–water partition coefficient (Wildman–Crippen LogP) is 3.18. The van der Waals surface area contributed by atoms with Crippen molar-refractivity contribution in [1.29, 1.82) is 0 Å². The van der Waals surface area contributed by atoms with E-state index in [1.807, 2.05) is 50.5 Å². The smallest absolute Gasteiger partial charge is 0.225 e. The van der Waals surface area contributed by atoms with Gasteiger partial charge in [-0.05, 0) is 24.0 Å². The van der Waals surface area contributed by atoms with E-state index >= 15 is 0 Å². The Kier molecular flexibility index (Phi) is 4.94. The molecule has 0 fully saturated rings. The Hall–Kier alpha value is -2.09. The number of nitrogens with zero attached hydrogens (tertiary/aromatic N) is 1. The lowest BCUT2D eigenvalue weighted by Crippen LogP contribution is -2.32. The first kappa shape index (κ1) is 14.3. The zero-order chi connectivity index (χ0) is 14.4. The van der Waals surface area contributed by atoms with Gasteiger partial charge in [0.15, 0.2) is 0 Å². The van der Waals surface area contributed by atoms with Gasteiger partial charge in [-0.25, -0.2) is 0 Å². The van der Waals surface area contributed by atoms with Crippen LogP contribution in [-0.2, 0) is 17.6 Å². The number of hydrogen-bond acceptors (Lipinski definition) is 1. The van der Waals surface area contributed by atoms with Crippen LogP contribution in [0.1, 0.15) is 11.1 Å². The van der Waals surface area contributed by atoms with Crippen LogP contribution in [0.3, 0.4) is 0 Å². The van der Waals surface area contributed by atoms with E-state index in [1.54, 1.807) is 4.90 Å². The molecule has 0 spiro atoms. The highest BCUT2D eigenvalue weighted by Gasteiger charge is 2.21. The normalized spacial score (nSPS) is 10.6. The first-order chi connectivity index (χ1) is 9.66. The molecule has 0 saturated heterocycles. The van der Waals surface area contributed by atoms with E-state index in [0.717, 1.165) is 12.8 Å². The van der Waals surface area contributed by atoms with E-state index in [0.29, 0.717) is 0 Å². The van der Waals surface area contributed by atoms with Gasteiger partial charge in [0.2, 0.25) is 5.91 Å². The first-order valence-electron chi connectivity index (χ1n) is 6.96. The Morgan fingerprint density at radius 2 is 1.25 bits per heavy atom. The van der Waals surface area contributed by atoms with Crippen molar-refractivity contribution >= 4 is 5.91 Å². The third kappa shape index (κ3) is 3.95. The maximum Gasteiger partial charge on any atom is 0.225 e. The minimum absolute atomic E-state index is 0.00481. The molecule has 20 heavy (non-hydrogen) atoms. The molecule has 0 saturated carbocycles. The van der Waals surface area contributed by atoms with Crippen molar-refractivity contribution in [3.63, 3.8) is 0 Å². The van der Waals surface area contributed by atoms with Crippen molar-refractivity contribution in [3.05, 3.63) is 71.8 Å². The third-order valence-corrected chi connectivity index (χ3v) is 3.44. The quantitative estimate of drug-likeness (QED) is 0.815. The van der Waals surface area contributed by atoms with Crippen LogP contribution >= 0.6 is 0 Å². The van der Waals surface area contributed by atoms with Gasteiger partial charge in [0.1, 0.15) is 0 Å². The van der Waals surface area contributed by atoms with Gasteiger partial charge in [0.25, 0.3) is 0 Å². The van der Waals surface area contributed by atoms with E-state index in [1.165, 1.54) is 11.1 Å². The molecule has 2 heteroatoms. The van der Waals surface area contributed by atoms with Crippen LogP contribution < -0.4 is 0 Å². The van der Waals surface area contributed by atoms with Gasteiger partial charge in [-0.2, -0.15) is 0 Å². The molecular formula is C18H21NO. The molecule has 0 atom stereocenters. The molecule has 2 aromatic rings. The Balaban J connectivity index is 2.15. The molecule has 2 nitrogen and oxygen atoms in total. The van der Waals surface area contributed by atoms with Gasteiger partial charge in [-0.15, -0.1) is 0 Å². The van der Waals surface area contributed by atoms with E-state index in [2.05, 4.69) is 24.3 Å². The van der Waals surface area contributed by atoms with Gasteiger partial charge in [0, 0.05) is 20.0 Å². The van der Waals surface area contributed by atoms with Crippen LogP contribution in [0, 0.1) is 5.92 Å². The number of rotatable bonds is 5. The fourth-order valence-electron chi connectivity index (χ4n) is 2.41. The molecule has 104 valence electrons. The van der Waals surface area contributed by atoms with Gasteiger partial charge < -0.3 is 4.90 Å². The summed E-state index contributed by atoms with van der Waals surface area (Å²) >= 11 is 0. The van der Waals surface area contributed by atoms with Crippen LogP contribution in [-0.4, -0.2) is 24.9 Å². The summed E-state index contributed by atoms with van der Waals surface area (Å²) in [5.74, 6) is 0.188. The lowest BCUT2D eigenvalue weighted by atomic mass is 9.91. The van der Waals surface area contributed by atoms with Crippen LogP contribution in [0.4, 0.5) is 0 Å². The molecule has 0 bridgehead atoms. The van der Waals surface area contributed by atoms with E-state index in [4.69, 9.17) is 0 Å². The fourth-order valence-corrected chi connectivity index (χ4v) is 2.41. The number of hydrogen-bond donors (Lipinski definition) is 0. The molecule has 0 unspecified atom stereocenters. The van der Waals surface area contributed by atoms with Crippen LogP contribution in [0.2, 0.25) is 0 Å². The summed E-state index contributed by atoms with van der Waals surface area (Å²) in [6.07, 6.45) is 1.57. The highest BCUT2D eigenvalue weighted by molar-refractivity contribution is 5.79. The number of benzene rings is 2. The SMILES string of the molecule is CN(C)C(=O)C(Cc1ccccc1)Cc1ccccc1. The van der Waals surface area contributed by atoms with Crippen molar-refractivity contribution in [2.75, 3.05) is 14.1 Å². The van der Waals surface area contributed by atoms with Crippen molar-refractivity contribution < 1.29 is 4.79 Å². The lowest BCUT2D eigenvalue weighted by Gasteiger charge is -2.21. The van der Waals surface area contributed by atoms with E-state index in [-0.39, 0.29) is 11.8 Å². The first-order valence-corrected chi connectivity index (χ1v) is 6.96. The molecule has 0 N–H and O–H groups in total. The van der Waals surface area contributed by atoms with Gasteiger partial charge >= 0.3 is 0 Å².